The fourth-order valence-electron chi connectivity index (χ4n) is 3.76. The zero-order chi connectivity index (χ0) is 20.1. The molecule has 2 amide bonds. The number of sulfonamides is 1. The summed E-state index contributed by atoms with van der Waals surface area (Å²) in [5.41, 5.74) is 1.64. The van der Waals surface area contributed by atoms with Crippen molar-refractivity contribution in [2.75, 3.05) is 31.1 Å². The number of piperidine rings is 1. The molecule has 154 valence electrons. The second-order valence-electron chi connectivity index (χ2n) is 7.40. The minimum absolute atomic E-state index is 0.1000. The average Bonchev–Trinajstić information content (AvgIpc) is 3.14. The van der Waals surface area contributed by atoms with Crippen LogP contribution in [-0.4, -0.2) is 50.7 Å². The van der Waals surface area contributed by atoms with Crippen LogP contribution in [0.5, 0.6) is 0 Å². The number of carbonyl (C=O) groups is 2. The highest BCUT2D eigenvalue weighted by Gasteiger charge is 2.30. The molecule has 0 radical (unpaired) electrons. The molecule has 28 heavy (non-hydrogen) atoms. The molecule has 0 saturated carbocycles. The SMILES string of the molecule is CCCNC(=O)CCC(=O)N1CCc2cc(S(=O)(=O)N3CCCCC3)ccc21. The van der Waals surface area contributed by atoms with Crippen LogP contribution in [0.1, 0.15) is 51.0 Å². The van der Waals surface area contributed by atoms with Crippen molar-refractivity contribution in [1.82, 2.24) is 9.62 Å². The summed E-state index contributed by atoms with van der Waals surface area (Å²) in [6, 6.07) is 5.04. The first-order valence-electron chi connectivity index (χ1n) is 10.1. The van der Waals surface area contributed by atoms with Crippen LogP contribution in [0.2, 0.25) is 0 Å². The van der Waals surface area contributed by atoms with Crippen LogP contribution < -0.4 is 10.2 Å². The third-order valence-corrected chi connectivity index (χ3v) is 7.23. The third-order valence-electron chi connectivity index (χ3n) is 5.34. The average molecular weight is 408 g/mol. The molecule has 1 fully saturated rings. The number of hydrogen-bond acceptors (Lipinski definition) is 4. The van der Waals surface area contributed by atoms with Crippen LogP contribution in [0.25, 0.3) is 0 Å². The second kappa shape index (κ2) is 9.05. The summed E-state index contributed by atoms with van der Waals surface area (Å²) in [7, 11) is -3.47. The van der Waals surface area contributed by atoms with E-state index in [0.29, 0.717) is 37.5 Å². The van der Waals surface area contributed by atoms with Crippen LogP contribution in [0.15, 0.2) is 23.1 Å². The lowest BCUT2D eigenvalue weighted by molar-refractivity contribution is -0.125. The van der Waals surface area contributed by atoms with Crippen LogP contribution in [-0.2, 0) is 26.0 Å². The van der Waals surface area contributed by atoms with Crippen molar-refractivity contribution in [2.24, 2.45) is 0 Å². The lowest BCUT2D eigenvalue weighted by Crippen LogP contribution is -2.35. The van der Waals surface area contributed by atoms with E-state index in [2.05, 4.69) is 5.32 Å². The molecule has 7 nitrogen and oxygen atoms in total. The Bertz CT molecular complexity index is 832. The number of carbonyl (C=O) groups excluding carboxylic acids is 2. The van der Waals surface area contributed by atoms with Gasteiger partial charge in [0.1, 0.15) is 0 Å². The largest absolute Gasteiger partial charge is 0.356 e. The Balaban J connectivity index is 1.67. The maximum absolute atomic E-state index is 12.9. The van der Waals surface area contributed by atoms with Gasteiger partial charge in [0.2, 0.25) is 21.8 Å². The van der Waals surface area contributed by atoms with Gasteiger partial charge in [-0.15, -0.1) is 0 Å². The maximum Gasteiger partial charge on any atom is 0.243 e. The van der Waals surface area contributed by atoms with Crippen molar-refractivity contribution in [3.63, 3.8) is 0 Å². The van der Waals surface area contributed by atoms with Crippen molar-refractivity contribution in [3.05, 3.63) is 23.8 Å². The molecule has 8 heteroatoms. The predicted octanol–water partition coefficient (Wildman–Crippen LogP) is 2.06. The van der Waals surface area contributed by atoms with Gasteiger partial charge < -0.3 is 10.2 Å². The van der Waals surface area contributed by atoms with Crippen LogP contribution in [0.3, 0.4) is 0 Å². The summed E-state index contributed by atoms with van der Waals surface area (Å²) in [5.74, 6) is -0.213. The zero-order valence-corrected chi connectivity index (χ0v) is 17.3. The van der Waals surface area contributed by atoms with Gasteiger partial charge in [-0.3, -0.25) is 9.59 Å². The minimum Gasteiger partial charge on any atom is -0.356 e. The van der Waals surface area contributed by atoms with Crippen molar-refractivity contribution in [2.45, 2.75) is 56.8 Å². The Morgan fingerprint density at radius 3 is 2.54 bits per heavy atom. The number of fused-ring (bicyclic) bond motifs is 1. The first-order chi connectivity index (χ1) is 13.4. The first-order valence-corrected chi connectivity index (χ1v) is 11.6. The fraction of sp³-hybridized carbons (Fsp3) is 0.600. The van der Waals surface area contributed by atoms with Gasteiger partial charge in [-0.25, -0.2) is 8.42 Å². The lowest BCUT2D eigenvalue weighted by Gasteiger charge is -2.26. The van der Waals surface area contributed by atoms with E-state index in [4.69, 9.17) is 0 Å². The quantitative estimate of drug-likeness (QED) is 0.750. The number of hydrogen-bond donors (Lipinski definition) is 1. The highest BCUT2D eigenvalue weighted by molar-refractivity contribution is 7.89. The number of amides is 2. The molecule has 0 spiro atoms. The second-order valence-corrected chi connectivity index (χ2v) is 9.34. The molecule has 2 aliphatic rings. The number of nitrogens with one attached hydrogen (secondary N) is 1. The van der Waals surface area contributed by atoms with E-state index in [0.717, 1.165) is 36.9 Å². The van der Waals surface area contributed by atoms with Gasteiger partial charge in [-0.05, 0) is 49.4 Å². The van der Waals surface area contributed by atoms with Crippen LogP contribution in [0.4, 0.5) is 5.69 Å². The predicted molar refractivity (Wildman–Crippen MR) is 108 cm³/mol. The fourth-order valence-corrected chi connectivity index (χ4v) is 5.33. The van der Waals surface area contributed by atoms with Crippen molar-refractivity contribution < 1.29 is 18.0 Å². The molecule has 1 N–H and O–H groups in total. The molecule has 1 aromatic carbocycles. The van der Waals surface area contributed by atoms with E-state index in [1.807, 2.05) is 6.92 Å². The van der Waals surface area contributed by atoms with Crippen LogP contribution >= 0.6 is 0 Å². The van der Waals surface area contributed by atoms with Crippen LogP contribution in [0, 0.1) is 0 Å². The molecule has 2 heterocycles. The van der Waals surface area contributed by atoms with E-state index < -0.39 is 10.0 Å². The summed E-state index contributed by atoms with van der Waals surface area (Å²) >= 11 is 0. The van der Waals surface area contributed by atoms with E-state index >= 15 is 0 Å². The van der Waals surface area contributed by atoms with Gasteiger partial charge in [-0.2, -0.15) is 4.31 Å². The highest BCUT2D eigenvalue weighted by atomic mass is 32.2. The van der Waals surface area contributed by atoms with Gasteiger partial charge in [0.25, 0.3) is 0 Å². The molecule has 0 unspecified atom stereocenters. The summed E-state index contributed by atoms with van der Waals surface area (Å²) in [4.78, 5) is 26.2. The molecule has 3 rings (SSSR count). The first kappa shape index (κ1) is 20.8. The standard InChI is InChI=1S/C20H29N3O4S/c1-2-11-21-19(24)8-9-20(25)23-14-10-16-15-17(6-7-18(16)23)28(26,27)22-12-4-3-5-13-22/h6-7,15H,2-5,8-14H2,1H3,(H,21,24). The van der Waals surface area contributed by atoms with Gasteiger partial charge in [0.15, 0.2) is 0 Å². The molecule has 2 aliphatic heterocycles. The molecule has 0 atom stereocenters. The Morgan fingerprint density at radius 2 is 1.82 bits per heavy atom. The molecule has 0 bridgehead atoms. The smallest absolute Gasteiger partial charge is 0.243 e. The number of nitrogens with zero attached hydrogens (tertiary/aromatic N) is 2. The van der Waals surface area contributed by atoms with Crippen molar-refractivity contribution in [1.29, 1.82) is 0 Å². The maximum atomic E-state index is 12.9. The Kier molecular flexibility index (Phi) is 6.72. The normalized spacial score (nSPS) is 17.4. The third kappa shape index (κ3) is 4.55. The van der Waals surface area contributed by atoms with E-state index in [1.165, 1.54) is 0 Å². The summed E-state index contributed by atoms with van der Waals surface area (Å²) in [6.45, 7) is 4.27. The molecular weight excluding hydrogens is 378 g/mol. The van der Waals surface area contributed by atoms with Crippen molar-refractivity contribution >= 4 is 27.5 Å². The number of anilines is 1. The molecule has 1 aromatic rings. The highest BCUT2D eigenvalue weighted by Crippen LogP contribution is 2.32. The molecular formula is C20H29N3O4S. The zero-order valence-electron chi connectivity index (χ0n) is 16.4. The summed E-state index contributed by atoms with van der Waals surface area (Å²) in [5, 5.41) is 2.77. The monoisotopic (exact) mass is 407 g/mol. The summed E-state index contributed by atoms with van der Waals surface area (Å²) < 4.78 is 27.3. The Morgan fingerprint density at radius 1 is 1.07 bits per heavy atom. The topological polar surface area (TPSA) is 86.8 Å². The number of rotatable bonds is 7. The van der Waals surface area contributed by atoms with Gasteiger partial charge in [0, 0.05) is 44.7 Å². The number of benzene rings is 1. The van der Waals surface area contributed by atoms with Crippen molar-refractivity contribution in [3.8, 4) is 0 Å². The van der Waals surface area contributed by atoms with Gasteiger partial charge in [0.05, 0.1) is 4.90 Å². The van der Waals surface area contributed by atoms with Gasteiger partial charge in [-0.1, -0.05) is 13.3 Å². The molecule has 0 aromatic heterocycles. The van der Waals surface area contributed by atoms with E-state index in [9.17, 15) is 18.0 Å². The van der Waals surface area contributed by atoms with E-state index in [-0.39, 0.29) is 24.7 Å². The Hall–Kier alpha value is -1.93. The van der Waals surface area contributed by atoms with E-state index in [1.54, 1.807) is 27.4 Å². The Labute approximate surface area is 167 Å². The molecule has 0 aliphatic carbocycles. The van der Waals surface area contributed by atoms with Gasteiger partial charge >= 0.3 is 0 Å². The summed E-state index contributed by atoms with van der Waals surface area (Å²) in [6.07, 6.45) is 4.70. The minimum atomic E-state index is -3.47. The molecule has 1 saturated heterocycles. The lowest BCUT2D eigenvalue weighted by atomic mass is 10.2.